The maximum absolute atomic E-state index is 11.9. The molecule has 19 heavy (non-hydrogen) atoms. The summed E-state index contributed by atoms with van der Waals surface area (Å²) < 4.78 is 0. The lowest BCUT2D eigenvalue weighted by Crippen LogP contribution is -2.14. The van der Waals surface area contributed by atoms with Gasteiger partial charge in [0, 0.05) is 9.92 Å². The third kappa shape index (κ3) is 4.16. The Labute approximate surface area is 127 Å². The van der Waals surface area contributed by atoms with Gasteiger partial charge in [0.15, 0.2) is 0 Å². The molecular weight excluding hydrogens is 301 g/mol. The Hall–Kier alpha value is -1.16. The number of benzene rings is 2. The molecule has 0 spiro atoms. The van der Waals surface area contributed by atoms with Crippen LogP contribution in [0.25, 0.3) is 0 Å². The molecule has 98 valence electrons. The molecule has 0 unspecified atom stereocenters. The Morgan fingerprint density at radius 3 is 2.42 bits per heavy atom. The van der Waals surface area contributed by atoms with Crippen LogP contribution in [0, 0.1) is 0 Å². The molecule has 2 rings (SSSR count). The van der Waals surface area contributed by atoms with E-state index in [4.69, 9.17) is 23.2 Å². The van der Waals surface area contributed by atoms with E-state index in [1.165, 1.54) is 0 Å². The molecular formula is C14H11Cl2NOS. The highest BCUT2D eigenvalue weighted by Gasteiger charge is 2.07. The molecule has 0 heterocycles. The van der Waals surface area contributed by atoms with E-state index in [-0.39, 0.29) is 12.3 Å². The quantitative estimate of drug-likeness (QED) is 0.805. The van der Waals surface area contributed by atoms with E-state index in [2.05, 4.69) is 17.9 Å². The van der Waals surface area contributed by atoms with Crippen molar-refractivity contribution in [1.82, 2.24) is 0 Å². The molecule has 0 fully saturated rings. The van der Waals surface area contributed by atoms with Gasteiger partial charge in [-0.1, -0.05) is 35.3 Å². The third-order valence-electron chi connectivity index (χ3n) is 2.51. The Kier molecular flexibility index (Phi) is 4.75. The van der Waals surface area contributed by atoms with Crippen LogP contribution < -0.4 is 5.32 Å². The van der Waals surface area contributed by atoms with Crippen molar-refractivity contribution in [3.05, 3.63) is 58.1 Å². The lowest BCUT2D eigenvalue weighted by atomic mass is 10.1. The molecule has 0 aliphatic rings. The molecule has 5 heteroatoms. The second-order valence-corrected chi connectivity index (χ2v) is 5.38. The summed E-state index contributed by atoms with van der Waals surface area (Å²) in [6, 6.07) is 12.4. The number of amides is 1. The molecule has 0 bridgehead atoms. The predicted molar refractivity (Wildman–Crippen MR) is 82.5 cm³/mol. The van der Waals surface area contributed by atoms with Gasteiger partial charge in [0.1, 0.15) is 0 Å². The van der Waals surface area contributed by atoms with E-state index in [1.54, 1.807) is 18.2 Å². The summed E-state index contributed by atoms with van der Waals surface area (Å²) in [7, 11) is 0. The van der Waals surface area contributed by atoms with Gasteiger partial charge in [-0.05, 0) is 35.9 Å². The molecule has 0 atom stereocenters. The van der Waals surface area contributed by atoms with Gasteiger partial charge in [-0.3, -0.25) is 4.79 Å². The fourth-order valence-electron chi connectivity index (χ4n) is 1.58. The zero-order valence-electron chi connectivity index (χ0n) is 9.86. The predicted octanol–water partition coefficient (Wildman–Crippen LogP) is 4.46. The summed E-state index contributed by atoms with van der Waals surface area (Å²) in [5.41, 5.74) is 1.47. The van der Waals surface area contributed by atoms with Gasteiger partial charge in [0.25, 0.3) is 0 Å². The Balaban J connectivity index is 2.03. The summed E-state index contributed by atoms with van der Waals surface area (Å²) in [5, 5.41) is 3.71. The van der Waals surface area contributed by atoms with Crippen molar-refractivity contribution in [3.8, 4) is 0 Å². The fraction of sp³-hybridized carbons (Fsp3) is 0.0714. The van der Waals surface area contributed by atoms with Crippen molar-refractivity contribution in [2.45, 2.75) is 11.3 Å². The molecule has 0 saturated heterocycles. The first-order valence-corrected chi connectivity index (χ1v) is 6.78. The van der Waals surface area contributed by atoms with Gasteiger partial charge in [-0.15, -0.1) is 12.6 Å². The molecule has 0 saturated carbocycles. The maximum Gasteiger partial charge on any atom is 0.228 e. The minimum Gasteiger partial charge on any atom is -0.324 e. The molecule has 2 aromatic rings. The highest BCUT2D eigenvalue weighted by atomic mass is 35.5. The number of halogens is 2. The van der Waals surface area contributed by atoms with Gasteiger partial charge >= 0.3 is 0 Å². The van der Waals surface area contributed by atoms with Crippen molar-refractivity contribution in [2.75, 3.05) is 5.32 Å². The maximum atomic E-state index is 11.9. The minimum absolute atomic E-state index is 0.129. The van der Waals surface area contributed by atoms with Crippen LogP contribution in [-0.4, -0.2) is 5.91 Å². The highest BCUT2D eigenvalue weighted by Crippen LogP contribution is 2.25. The van der Waals surface area contributed by atoms with Crippen LogP contribution in [0.4, 0.5) is 5.69 Å². The zero-order chi connectivity index (χ0) is 13.8. The molecule has 0 aliphatic carbocycles. The number of nitrogens with one attached hydrogen (secondary N) is 1. The highest BCUT2D eigenvalue weighted by molar-refractivity contribution is 7.80. The molecule has 0 radical (unpaired) electrons. The average molecular weight is 312 g/mol. The van der Waals surface area contributed by atoms with Crippen LogP contribution in [-0.2, 0) is 11.2 Å². The van der Waals surface area contributed by atoms with E-state index in [9.17, 15) is 4.79 Å². The normalized spacial score (nSPS) is 10.3. The summed E-state index contributed by atoms with van der Waals surface area (Å²) in [4.78, 5) is 12.7. The van der Waals surface area contributed by atoms with Gasteiger partial charge in [0.05, 0.1) is 17.1 Å². The van der Waals surface area contributed by atoms with E-state index in [1.807, 2.05) is 24.3 Å². The SMILES string of the molecule is O=C(Cc1ccc(S)cc1)Nc1ccc(Cl)cc1Cl. The topological polar surface area (TPSA) is 29.1 Å². The number of hydrogen-bond donors (Lipinski definition) is 2. The van der Waals surface area contributed by atoms with Crippen LogP contribution in [0.2, 0.25) is 10.0 Å². The smallest absolute Gasteiger partial charge is 0.228 e. The summed E-state index contributed by atoms with van der Waals surface area (Å²) in [5.74, 6) is -0.129. The molecule has 1 amide bonds. The summed E-state index contributed by atoms with van der Waals surface area (Å²) in [6.07, 6.45) is 0.285. The first kappa shape index (κ1) is 14.3. The molecule has 0 aliphatic heterocycles. The van der Waals surface area contributed by atoms with Gasteiger partial charge < -0.3 is 5.32 Å². The van der Waals surface area contributed by atoms with Crippen molar-refractivity contribution in [2.24, 2.45) is 0 Å². The van der Waals surface area contributed by atoms with Crippen molar-refractivity contribution < 1.29 is 4.79 Å². The zero-order valence-corrected chi connectivity index (χ0v) is 12.3. The Bertz CT molecular complexity index is 599. The number of carbonyl (C=O) groups excluding carboxylic acids is 1. The van der Waals surface area contributed by atoms with Crippen LogP contribution >= 0.6 is 35.8 Å². The minimum atomic E-state index is -0.129. The second-order valence-electron chi connectivity index (χ2n) is 4.02. The third-order valence-corrected chi connectivity index (χ3v) is 3.35. The number of hydrogen-bond acceptors (Lipinski definition) is 2. The number of thiol groups is 1. The average Bonchev–Trinajstić information content (AvgIpc) is 2.36. The van der Waals surface area contributed by atoms with Crippen LogP contribution in [0.3, 0.4) is 0 Å². The molecule has 1 N–H and O–H groups in total. The van der Waals surface area contributed by atoms with E-state index < -0.39 is 0 Å². The number of rotatable bonds is 3. The molecule has 2 nitrogen and oxygen atoms in total. The van der Waals surface area contributed by atoms with Crippen molar-refractivity contribution in [3.63, 3.8) is 0 Å². The Morgan fingerprint density at radius 1 is 1.11 bits per heavy atom. The van der Waals surface area contributed by atoms with Gasteiger partial charge in [-0.25, -0.2) is 0 Å². The van der Waals surface area contributed by atoms with E-state index in [0.717, 1.165) is 10.5 Å². The first-order valence-electron chi connectivity index (χ1n) is 5.57. The van der Waals surface area contributed by atoms with E-state index in [0.29, 0.717) is 15.7 Å². The van der Waals surface area contributed by atoms with Crippen molar-refractivity contribution >= 4 is 47.4 Å². The fourth-order valence-corrected chi connectivity index (χ4v) is 2.19. The lowest BCUT2D eigenvalue weighted by Gasteiger charge is -2.07. The monoisotopic (exact) mass is 311 g/mol. The molecule has 2 aromatic carbocycles. The summed E-state index contributed by atoms with van der Waals surface area (Å²) in [6.45, 7) is 0. The lowest BCUT2D eigenvalue weighted by molar-refractivity contribution is -0.115. The second kappa shape index (κ2) is 6.33. The van der Waals surface area contributed by atoms with Crippen LogP contribution in [0.15, 0.2) is 47.4 Å². The van der Waals surface area contributed by atoms with Gasteiger partial charge in [-0.2, -0.15) is 0 Å². The number of anilines is 1. The van der Waals surface area contributed by atoms with Crippen LogP contribution in [0.5, 0.6) is 0 Å². The number of carbonyl (C=O) groups is 1. The summed E-state index contributed by atoms with van der Waals surface area (Å²) >= 11 is 16.0. The molecule has 0 aromatic heterocycles. The van der Waals surface area contributed by atoms with Crippen molar-refractivity contribution in [1.29, 1.82) is 0 Å². The van der Waals surface area contributed by atoms with Gasteiger partial charge in [0.2, 0.25) is 5.91 Å². The van der Waals surface area contributed by atoms with Crippen LogP contribution in [0.1, 0.15) is 5.56 Å². The standard InChI is InChI=1S/C14H11Cl2NOS/c15-10-3-6-13(12(16)8-10)17-14(18)7-9-1-4-11(19)5-2-9/h1-6,8,19H,7H2,(H,17,18). The van der Waals surface area contributed by atoms with E-state index >= 15 is 0 Å². The Morgan fingerprint density at radius 2 is 1.79 bits per heavy atom. The first-order chi connectivity index (χ1) is 9.04. The largest absolute Gasteiger partial charge is 0.324 e.